The van der Waals surface area contributed by atoms with Gasteiger partial charge in [0.1, 0.15) is 0 Å². The lowest BCUT2D eigenvalue weighted by Crippen LogP contribution is -2.39. The molecule has 0 unspecified atom stereocenters. The van der Waals surface area contributed by atoms with Crippen LogP contribution in [0.25, 0.3) is 0 Å². The summed E-state index contributed by atoms with van der Waals surface area (Å²) in [5.41, 5.74) is 0. The molecule has 0 aliphatic carbocycles. The number of rotatable bonds is 4. The summed E-state index contributed by atoms with van der Waals surface area (Å²) in [6.07, 6.45) is 3.12. The van der Waals surface area contributed by atoms with Crippen LogP contribution in [-0.2, 0) is 4.79 Å². The molecule has 0 saturated carbocycles. The Kier molecular flexibility index (Phi) is 15.1. The molecule has 19 heavy (non-hydrogen) atoms. The molecule has 1 saturated heterocycles. The Morgan fingerprint density at radius 3 is 1.95 bits per heavy atom. The highest BCUT2D eigenvalue weighted by Crippen LogP contribution is 2.17. The lowest BCUT2D eigenvalue weighted by atomic mass is 9.96. The highest BCUT2D eigenvalue weighted by atomic mass is 16.2. The van der Waals surface area contributed by atoms with Gasteiger partial charge in [-0.05, 0) is 38.4 Å². The normalized spacial score (nSPS) is 15.7. The molecular formula is C16H36N2O. The summed E-state index contributed by atoms with van der Waals surface area (Å²) in [5.74, 6) is 0.987. The van der Waals surface area contributed by atoms with Gasteiger partial charge in [0.25, 0.3) is 0 Å². The van der Waals surface area contributed by atoms with Gasteiger partial charge < -0.3 is 9.80 Å². The molecule has 0 spiro atoms. The van der Waals surface area contributed by atoms with E-state index in [1.165, 1.54) is 25.9 Å². The molecule has 1 aliphatic rings. The van der Waals surface area contributed by atoms with Crippen LogP contribution in [0.2, 0.25) is 0 Å². The number of piperidine rings is 1. The van der Waals surface area contributed by atoms with Crippen molar-refractivity contribution in [1.29, 1.82) is 0 Å². The zero-order valence-electron chi connectivity index (χ0n) is 14.3. The van der Waals surface area contributed by atoms with Crippen LogP contribution in [0.15, 0.2) is 0 Å². The highest BCUT2D eigenvalue weighted by molar-refractivity contribution is 5.75. The molecule has 0 atom stereocenters. The second kappa shape index (κ2) is 13.9. The maximum atomic E-state index is 11.4. The summed E-state index contributed by atoms with van der Waals surface area (Å²) in [4.78, 5) is 15.8. The number of hydrogen-bond acceptors (Lipinski definition) is 2. The third kappa shape index (κ3) is 9.04. The van der Waals surface area contributed by atoms with E-state index in [-0.39, 0.29) is 5.91 Å². The molecule has 1 aliphatic heterocycles. The van der Waals surface area contributed by atoms with Crippen LogP contribution < -0.4 is 0 Å². The molecule has 0 N–H and O–H groups in total. The average Bonchev–Trinajstić information content (AvgIpc) is 2.51. The van der Waals surface area contributed by atoms with Crippen LogP contribution in [0.5, 0.6) is 0 Å². The SMILES string of the molecule is CC.CC.CCC(=O)N(C)CC1CCN(CC)CC1. The van der Waals surface area contributed by atoms with E-state index in [1.807, 2.05) is 46.6 Å². The molecule has 116 valence electrons. The Hall–Kier alpha value is -0.570. The number of hydrogen-bond donors (Lipinski definition) is 0. The van der Waals surface area contributed by atoms with Crippen LogP contribution in [0.4, 0.5) is 0 Å². The van der Waals surface area contributed by atoms with Gasteiger partial charge in [-0.25, -0.2) is 0 Å². The monoisotopic (exact) mass is 272 g/mol. The Morgan fingerprint density at radius 2 is 1.58 bits per heavy atom. The third-order valence-corrected chi connectivity index (χ3v) is 3.41. The lowest BCUT2D eigenvalue weighted by molar-refractivity contribution is -0.130. The lowest BCUT2D eigenvalue weighted by Gasteiger charge is -2.33. The van der Waals surface area contributed by atoms with Crippen molar-refractivity contribution in [3.8, 4) is 0 Å². The van der Waals surface area contributed by atoms with E-state index >= 15 is 0 Å². The van der Waals surface area contributed by atoms with E-state index in [0.29, 0.717) is 12.3 Å². The molecule has 1 fully saturated rings. The van der Waals surface area contributed by atoms with Crippen molar-refractivity contribution in [2.45, 2.75) is 60.8 Å². The summed E-state index contributed by atoms with van der Waals surface area (Å²) in [5, 5.41) is 0. The van der Waals surface area contributed by atoms with Gasteiger partial charge in [-0.15, -0.1) is 0 Å². The summed E-state index contributed by atoms with van der Waals surface area (Å²) < 4.78 is 0. The van der Waals surface area contributed by atoms with Crippen molar-refractivity contribution in [1.82, 2.24) is 9.80 Å². The van der Waals surface area contributed by atoms with Gasteiger partial charge in [0.15, 0.2) is 0 Å². The predicted octanol–water partition coefficient (Wildman–Crippen LogP) is 3.64. The van der Waals surface area contributed by atoms with Gasteiger partial charge in [0.2, 0.25) is 5.91 Å². The molecule has 3 nitrogen and oxygen atoms in total. The van der Waals surface area contributed by atoms with Crippen LogP contribution in [0.3, 0.4) is 0 Å². The quantitative estimate of drug-likeness (QED) is 0.780. The molecule has 0 bridgehead atoms. The maximum absolute atomic E-state index is 11.4. The first kappa shape index (κ1) is 20.7. The molecule has 0 aromatic rings. The standard InChI is InChI=1S/C12H24N2O.2C2H6/c1-4-12(15)13(3)10-11-6-8-14(5-2)9-7-11;2*1-2/h11H,4-10H2,1-3H3;2*1-2H3. The fraction of sp³-hybridized carbons (Fsp3) is 0.938. The van der Waals surface area contributed by atoms with Gasteiger partial charge in [-0.1, -0.05) is 41.5 Å². The van der Waals surface area contributed by atoms with Gasteiger partial charge in [0.05, 0.1) is 0 Å². The van der Waals surface area contributed by atoms with Crippen molar-refractivity contribution in [3.05, 3.63) is 0 Å². The van der Waals surface area contributed by atoms with E-state index in [2.05, 4.69) is 11.8 Å². The van der Waals surface area contributed by atoms with Crippen molar-refractivity contribution in [3.63, 3.8) is 0 Å². The molecule has 1 amide bonds. The second-order valence-corrected chi connectivity index (χ2v) is 4.51. The Balaban J connectivity index is 0. The summed E-state index contributed by atoms with van der Waals surface area (Å²) in [7, 11) is 1.93. The Labute approximate surface area is 121 Å². The van der Waals surface area contributed by atoms with Crippen LogP contribution in [0.1, 0.15) is 60.8 Å². The molecule has 1 heterocycles. The van der Waals surface area contributed by atoms with E-state index < -0.39 is 0 Å². The van der Waals surface area contributed by atoms with E-state index in [0.717, 1.165) is 13.1 Å². The van der Waals surface area contributed by atoms with E-state index in [4.69, 9.17) is 0 Å². The number of amides is 1. The third-order valence-electron chi connectivity index (χ3n) is 3.41. The van der Waals surface area contributed by atoms with E-state index in [1.54, 1.807) is 0 Å². The summed E-state index contributed by atoms with van der Waals surface area (Å²) in [6, 6.07) is 0. The number of likely N-dealkylation sites (tertiary alicyclic amines) is 1. The second-order valence-electron chi connectivity index (χ2n) is 4.51. The topological polar surface area (TPSA) is 23.6 Å². The van der Waals surface area contributed by atoms with Gasteiger partial charge in [-0.2, -0.15) is 0 Å². The molecule has 0 aromatic heterocycles. The van der Waals surface area contributed by atoms with Crippen LogP contribution in [-0.4, -0.2) is 48.9 Å². The minimum atomic E-state index is 0.271. The molecule has 0 aromatic carbocycles. The highest BCUT2D eigenvalue weighted by Gasteiger charge is 2.20. The maximum Gasteiger partial charge on any atom is 0.222 e. The minimum Gasteiger partial charge on any atom is -0.345 e. The number of carbonyl (C=O) groups is 1. The smallest absolute Gasteiger partial charge is 0.222 e. The molecule has 3 heteroatoms. The first-order valence-electron chi connectivity index (χ1n) is 8.13. The van der Waals surface area contributed by atoms with Gasteiger partial charge in [0, 0.05) is 20.0 Å². The van der Waals surface area contributed by atoms with Crippen molar-refractivity contribution >= 4 is 5.91 Å². The van der Waals surface area contributed by atoms with Crippen molar-refractivity contribution in [2.24, 2.45) is 5.92 Å². The summed E-state index contributed by atoms with van der Waals surface area (Å²) >= 11 is 0. The Bertz CT molecular complexity index is 199. The molecular weight excluding hydrogens is 236 g/mol. The molecule has 0 radical (unpaired) electrons. The fourth-order valence-electron chi connectivity index (χ4n) is 2.24. The zero-order valence-corrected chi connectivity index (χ0v) is 14.3. The number of carbonyl (C=O) groups excluding carboxylic acids is 1. The van der Waals surface area contributed by atoms with Crippen molar-refractivity contribution in [2.75, 3.05) is 33.2 Å². The predicted molar refractivity (Wildman–Crippen MR) is 85.5 cm³/mol. The number of nitrogens with zero attached hydrogens (tertiary/aromatic N) is 2. The van der Waals surface area contributed by atoms with Crippen molar-refractivity contribution < 1.29 is 4.79 Å². The van der Waals surface area contributed by atoms with Crippen LogP contribution in [0, 0.1) is 5.92 Å². The summed E-state index contributed by atoms with van der Waals surface area (Å²) in [6.45, 7) is 16.7. The van der Waals surface area contributed by atoms with E-state index in [9.17, 15) is 4.79 Å². The van der Waals surface area contributed by atoms with Gasteiger partial charge >= 0.3 is 0 Å². The fourth-order valence-corrected chi connectivity index (χ4v) is 2.24. The Morgan fingerprint density at radius 1 is 1.11 bits per heavy atom. The average molecular weight is 272 g/mol. The zero-order chi connectivity index (χ0) is 15.3. The molecule has 1 rings (SSSR count). The van der Waals surface area contributed by atoms with Crippen LogP contribution >= 0.6 is 0 Å². The van der Waals surface area contributed by atoms with Gasteiger partial charge in [-0.3, -0.25) is 4.79 Å². The first-order valence-corrected chi connectivity index (χ1v) is 8.13. The first-order chi connectivity index (χ1) is 9.17. The minimum absolute atomic E-state index is 0.271. The largest absolute Gasteiger partial charge is 0.345 e.